The van der Waals surface area contributed by atoms with Gasteiger partial charge < -0.3 is 15.3 Å². The Bertz CT molecular complexity index is 2180. The summed E-state index contributed by atoms with van der Waals surface area (Å²) in [5, 5.41) is 17.2. The van der Waals surface area contributed by atoms with Crippen LogP contribution >= 0.6 is 11.3 Å². The van der Waals surface area contributed by atoms with E-state index in [0.717, 1.165) is 57.4 Å². The van der Waals surface area contributed by atoms with E-state index in [-0.39, 0.29) is 22.9 Å². The van der Waals surface area contributed by atoms with Gasteiger partial charge in [0.05, 0.1) is 15.6 Å². The molecule has 4 fully saturated rings. The number of aromatic nitrogens is 2. The molecule has 10 rings (SSSR count). The highest BCUT2D eigenvalue weighted by atomic mass is 32.1. The SMILES string of the molecule is Cc1c(NC(=O)C23CC4CC(CC(C4)C2)C3)cccc1-c1ccc(N2CCc3cccc(C(=O)Nc4nc5ccccc5s4)c3C2)nc1C(=O)O. The van der Waals surface area contributed by atoms with Crippen molar-refractivity contribution >= 4 is 56.0 Å². The van der Waals surface area contributed by atoms with E-state index >= 15 is 0 Å². The Kier molecular flexibility index (Phi) is 7.68. The van der Waals surface area contributed by atoms with Crippen LogP contribution in [0.3, 0.4) is 0 Å². The smallest absolute Gasteiger partial charge is 0.355 e. The third-order valence-corrected chi connectivity index (χ3v) is 12.8. The van der Waals surface area contributed by atoms with Crippen molar-refractivity contribution in [2.75, 3.05) is 22.1 Å². The van der Waals surface area contributed by atoms with Crippen LogP contribution in [0.2, 0.25) is 0 Å². The van der Waals surface area contributed by atoms with Crippen molar-refractivity contribution < 1.29 is 19.5 Å². The van der Waals surface area contributed by atoms with Crippen LogP contribution in [-0.2, 0) is 17.8 Å². The van der Waals surface area contributed by atoms with Gasteiger partial charge in [-0.3, -0.25) is 14.9 Å². The third kappa shape index (κ3) is 5.66. The summed E-state index contributed by atoms with van der Waals surface area (Å²) >= 11 is 1.43. The number of benzene rings is 3. The van der Waals surface area contributed by atoms with Gasteiger partial charge in [-0.25, -0.2) is 14.8 Å². The van der Waals surface area contributed by atoms with Crippen molar-refractivity contribution in [3.63, 3.8) is 0 Å². The molecule has 0 atom stereocenters. The maximum absolute atomic E-state index is 13.9. The number of pyridine rings is 1. The van der Waals surface area contributed by atoms with E-state index in [1.165, 1.54) is 30.6 Å². The summed E-state index contributed by atoms with van der Waals surface area (Å²) in [7, 11) is 0. The molecule has 51 heavy (non-hydrogen) atoms. The van der Waals surface area contributed by atoms with Crippen LogP contribution in [0.25, 0.3) is 21.3 Å². The zero-order valence-corrected chi connectivity index (χ0v) is 29.3. The Hall–Kier alpha value is -5.09. The second kappa shape index (κ2) is 12.3. The average molecular weight is 698 g/mol. The molecule has 3 heterocycles. The summed E-state index contributed by atoms with van der Waals surface area (Å²) in [4.78, 5) is 51.5. The number of fused-ring (bicyclic) bond motifs is 2. The fourth-order valence-corrected chi connectivity index (χ4v) is 10.7. The van der Waals surface area contributed by atoms with E-state index in [0.29, 0.717) is 59.3 Å². The Morgan fingerprint density at radius 2 is 1.59 bits per heavy atom. The van der Waals surface area contributed by atoms with Gasteiger partial charge in [-0.05, 0) is 128 Å². The molecule has 258 valence electrons. The number of hydrogen-bond acceptors (Lipinski definition) is 7. The largest absolute Gasteiger partial charge is 0.476 e. The number of amides is 2. The number of carbonyl (C=O) groups is 3. The molecule has 5 aliphatic rings. The maximum Gasteiger partial charge on any atom is 0.355 e. The van der Waals surface area contributed by atoms with Gasteiger partial charge >= 0.3 is 5.97 Å². The lowest BCUT2D eigenvalue weighted by Crippen LogP contribution is -2.51. The van der Waals surface area contributed by atoms with E-state index in [1.54, 1.807) is 0 Å². The third-order valence-electron chi connectivity index (χ3n) is 11.8. The number of nitrogens with one attached hydrogen (secondary N) is 2. The summed E-state index contributed by atoms with van der Waals surface area (Å²) in [6.07, 6.45) is 7.44. The van der Waals surface area contributed by atoms with Crippen LogP contribution in [0, 0.1) is 30.1 Å². The maximum atomic E-state index is 13.9. The van der Waals surface area contributed by atoms with E-state index in [1.807, 2.05) is 84.6 Å². The van der Waals surface area contributed by atoms with E-state index < -0.39 is 5.97 Å². The molecular weight excluding hydrogens is 659 g/mol. The Morgan fingerprint density at radius 3 is 2.33 bits per heavy atom. The van der Waals surface area contributed by atoms with Gasteiger partial charge in [0.1, 0.15) is 5.82 Å². The first-order chi connectivity index (χ1) is 24.7. The molecular formula is C41H39N5O4S. The van der Waals surface area contributed by atoms with Crippen molar-refractivity contribution in [1.29, 1.82) is 0 Å². The van der Waals surface area contributed by atoms with E-state index in [2.05, 4.69) is 15.6 Å². The van der Waals surface area contributed by atoms with Gasteiger partial charge in [-0.15, -0.1) is 0 Å². The first-order valence-corrected chi connectivity index (χ1v) is 18.7. The zero-order chi connectivity index (χ0) is 34.9. The monoisotopic (exact) mass is 697 g/mol. The number of aromatic carboxylic acids is 1. The molecule has 0 unspecified atom stereocenters. The highest BCUT2D eigenvalue weighted by Gasteiger charge is 2.54. The van der Waals surface area contributed by atoms with Crippen LogP contribution in [0.1, 0.15) is 76.1 Å². The van der Waals surface area contributed by atoms with Gasteiger partial charge in [-0.2, -0.15) is 0 Å². The van der Waals surface area contributed by atoms with Crippen LogP contribution < -0.4 is 15.5 Å². The van der Waals surface area contributed by atoms with Crippen molar-refractivity contribution in [2.45, 2.75) is 58.4 Å². The highest BCUT2D eigenvalue weighted by Crippen LogP contribution is 2.60. The standard InChI is InChI=1S/C41H39N5O4S/c1-23-28(7-5-10-32(23)42-39(50)41-19-24-16-25(20-41)18-26(17-24)21-41)29-12-13-35(44-36(29)38(48)49)46-15-14-27-6-4-8-30(31(27)22-46)37(47)45-40-43-33-9-2-3-11-34(33)51-40/h2-13,24-26H,14-22H2,1H3,(H,42,50)(H,48,49)(H,43,45,47). The number of carboxylic acids is 1. The Labute approximate surface area is 300 Å². The lowest BCUT2D eigenvalue weighted by Gasteiger charge is -2.55. The lowest BCUT2D eigenvalue weighted by atomic mass is 9.49. The van der Waals surface area contributed by atoms with Gasteiger partial charge in [0, 0.05) is 29.9 Å². The summed E-state index contributed by atoms with van der Waals surface area (Å²) in [5.41, 5.74) is 5.83. The second-order valence-electron chi connectivity index (χ2n) is 15.1. The van der Waals surface area contributed by atoms with Gasteiger partial charge in [-0.1, -0.05) is 47.7 Å². The lowest BCUT2D eigenvalue weighted by molar-refractivity contribution is -0.140. The first kappa shape index (κ1) is 31.9. The van der Waals surface area contributed by atoms with Crippen molar-refractivity contribution in [1.82, 2.24) is 9.97 Å². The first-order valence-electron chi connectivity index (χ1n) is 17.9. The number of anilines is 3. The van der Waals surface area contributed by atoms with Crippen LogP contribution in [0.5, 0.6) is 0 Å². The Balaban J connectivity index is 0.968. The van der Waals surface area contributed by atoms with Crippen molar-refractivity contribution in [3.8, 4) is 11.1 Å². The zero-order valence-electron chi connectivity index (χ0n) is 28.4. The summed E-state index contributed by atoms with van der Waals surface area (Å²) in [6, 6.07) is 22.9. The minimum atomic E-state index is -1.12. The Morgan fingerprint density at radius 1 is 0.843 bits per heavy atom. The van der Waals surface area contributed by atoms with Gasteiger partial charge in [0.25, 0.3) is 5.91 Å². The molecule has 4 aliphatic carbocycles. The molecule has 10 heteroatoms. The molecule has 0 radical (unpaired) electrons. The topological polar surface area (TPSA) is 125 Å². The molecule has 2 amide bonds. The summed E-state index contributed by atoms with van der Waals surface area (Å²) in [5.74, 6) is 1.30. The number of rotatable bonds is 7. The predicted octanol–water partition coefficient (Wildman–Crippen LogP) is 8.33. The molecule has 5 aromatic rings. The number of carboxylic acid groups (broad SMARTS) is 1. The molecule has 4 saturated carbocycles. The minimum absolute atomic E-state index is 0.0483. The molecule has 0 spiro atoms. The number of nitrogens with zero attached hydrogens (tertiary/aromatic N) is 3. The molecule has 9 nitrogen and oxygen atoms in total. The molecule has 3 N–H and O–H groups in total. The fraction of sp³-hybridized carbons (Fsp3) is 0.341. The molecule has 4 bridgehead atoms. The molecule has 1 aliphatic heterocycles. The quantitative estimate of drug-likeness (QED) is 0.156. The van der Waals surface area contributed by atoms with Gasteiger partial charge in [0.15, 0.2) is 10.8 Å². The van der Waals surface area contributed by atoms with Gasteiger partial charge in [0.2, 0.25) is 5.91 Å². The molecule has 2 aromatic heterocycles. The normalized spacial score (nSPS) is 23.2. The molecule has 3 aromatic carbocycles. The van der Waals surface area contributed by atoms with Crippen LogP contribution in [0.4, 0.5) is 16.6 Å². The second-order valence-corrected chi connectivity index (χ2v) is 16.1. The fourth-order valence-electron chi connectivity index (χ4n) is 9.79. The van der Waals surface area contributed by atoms with E-state index in [9.17, 15) is 19.5 Å². The predicted molar refractivity (Wildman–Crippen MR) is 199 cm³/mol. The summed E-state index contributed by atoms with van der Waals surface area (Å²) in [6.45, 7) is 2.98. The van der Waals surface area contributed by atoms with Crippen LogP contribution in [-0.4, -0.2) is 39.4 Å². The van der Waals surface area contributed by atoms with E-state index in [4.69, 9.17) is 4.98 Å². The highest BCUT2D eigenvalue weighted by molar-refractivity contribution is 7.22. The number of thiazole rings is 1. The number of hydrogen-bond donors (Lipinski definition) is 3. The van der Waals surface area contributed by atoms with Crippen molar-refractivity contribution in [2.24, 2.45) is 23.2 Å². The average Bonchev–Trinajstić information content (AvgIpc) is 3.53. The summed E-state index contributed by atoms with van der Waals surface area (Å²) < 4.78 is 1.00. The number of para-hydroxylation sites is 1. The molecule has 0 saturated heterocycles. The van der Waals surface area contributed by atoms with Crippen LogP contribution in [0.15, 0.2) is 72.8 Å². The van der Waals surface area contributed by atoms with Crippen molar-refractivity contribution in [3.05, 3.63) is 101 Å². The number of carbonyl (C=O) groups excluding carboxylic acids is 2. The minimum Gasteiger partial charge on any atom is -0.476 e.